The van der Waals surface area contributed by atoms with Crippen LogP contribution in [0.4, 0.5) is 0 Å². The molecule has 0 amide bonds. The Labute approximate surface area is 144 Å². The van der Waals surface area contributed by atoms with Gasteiger partial charge >= 0.3 is 0 Å². The highest BCUT2D eigenvalue weighted by Crippen LogP contribution is 2.18. The van der Waals surface area contributed by atoms with Gasteiger partial charge in [-0.15, -0.1) is 6.58 Å². The van der Waals surface area contributed by atoms with Gasteiger partial charge in [-0.2, -0.15) is 0 Å². The number of unbranched alkanes of at least 4 members (excludes halogenated alkanes) is 12. The van der Waals surface area contributed by atoms with Crippen molar-refractivity contribution in [1.29, 1.82) is 0 Å². The predicted octanol–water partition coefficient (Wildman–Crippen LogP) is 7.09. The monoisotopic (exact) mass is 318 g/mol. The molecule has 0 radical (unpaired) electrons. The van der Waals surface area contributed by atoms with Crippen LogP contribution in [0.15, 0.2) is 31.4 Å². The minimum absolute atomic E-state index is 0.421. The Morgan fingerprint density at radius 1 is 0.870 bits per heavy atom. The Balaban J connectivity index is 1.83. The van der Waals surface area contributed by atoms with Gasteiger partial charge in [-0.05, 0) is 6.42 Å². The molecule has 1 unspecified atom stereocenters. The number of nitrogens with zero attached hydrogens (tertiary/aromatic N) is 2. The molecule has 0 aliphatic carbocycles. The summed E-state index contributed by atoms with van der Waals surface area (Å²) >= 11 is 0. The molecule has 1 atom stereocenters. The third-order valence-electron chi connectivity index (χ3n) is 4.78. The SMILES string of the molecule is C=CC(CCCCCCCCCCCCCCC)n1ccnc1. The first kappa shape index (κ1) is 20.0. The molecule has 0 aliphatic heterocycles. The molecule has 0 N–H and O–H groups in total. The minimum atomic E-state index is 0.421. The van der Waals surface area contributed by atoms with E-state index < -0.39 is 0 Å². The van der Waals surface area contributed by atoms with Gasteiger partial charge in [-0.1, -0.05) is 96.5 Å². The van der Waals surface area contributed by atoms with Crippen molar-refractivity contribution in [2.75, 3.05) is 0 Å². The van der Waals surface area contributed by atoms with Crippen LogP contribution in [-0.2, 0) is 0 Å². The van der Waals surface area contributed by atoms with Gasteiger partial charge in [0.15, 0.2) is 0 Å². The maximum atomic E-state index is 4.12. The van der Waals surface area contributed by atoms with Crippen molar-refractivity contribution in [3.05, 3.63) is 31.4 Å². The Bertz CT molecular complexity index is 356. The van der Waals surface area contributed by atoms with Crippen molar-refractivity contribution in [3.63, 3.8) is 0 Å². The molecule has 132 valence electrons. The van der Waals surface area contributed by atoms with Crippen LogP contribution < -0.4 is 0 Å². The maximum Gasteiger partial charge on any atom is 0.0951 e. The molecular formula is C21H38N2. The van der Waals surface area contributed by atoms with Crippen molar-refractivity contribution in [2.24, 2.45) is 0 Å². The Hall–Kier alpha value is -1.05. The van der Waals surface area contributed by atoms with E-state index in [-0.39, 0.29) is 0 Å². The normalized spacial score (nSPS) is 12.4. The van der Waals surface area contributed by atoms with Gasteiger partial charge in [-0.25, -0.2) is 4.98 Å². The van der Waals surface area contributed by atoms with Crippen LogP contribution in [0.3, 0.4) is 0 Å². The Morgan fingerprint density at radius 2 is 1.39 bits per heavy atom. The molecule has 0 saturated heterocycles. The zero-order chi connectivity index (χ0) is 16.6. The van der Waals surface area contributed by atoms with Crippen molar-refractivity contribution in [1.82, 2.24) is 9.55 Å². The summed E-state index contributed by atoms with van der Waals surface area (Å²) in [7, 11) is 0. The standard InChI is InChI=1S/C21H38N2/c1-3-5-6-7-8-9-10-11-12-13-14-15-16-17-21(4-2)23-19-18-22-20-23/h4,18-21H,2-3,5-17H2,1H3. The lowest BCUT2D eigenvalue weighted by Crippen LogP contribution is -2.03. The summed E-state index contributed by atoms with van der Waals surface area (Å²) in [6, 6.07) is 0.421. The van der Waals surface area contributed by atoms with Crippen molar-refractivity contribution < 1.29 is 0 Å². The third-order valence-corrected chi connectivity index (χ3v) is 4.78. The highest BCUT2D eigenvalue weighted by atomic mass is 15.0. The summed E-state index contributed by atoms with van der Waals surface area (Å²) in [6.07, 6.45) is 27.4. The van der Waals surface area contributed by atoms with E-state index in [0.29, 0.717) is 6.04 Å². The quantitative estimate of drug-likeness (QED) is 0.235. The van der Waals surface area contributed by atoms with Gasteiger partial charge in [0.2, 0.25) is 0 Å². The number of imidazole rings is 1. The molecule has 0 saturated carbocycles. The second kappa shape index (κ2) is 14.5. The topological polar surface area (TPSA) is 17.8 Å². The molecule has 1 heterocycles. The van der Waals surface area contributed by atoms with Crippen LogP contribution in [0.25, 0.3) is 0 Å². The average molecular weight is 319 g/mol. The van der Waals surface area contributed by atoms with Gasteiger partial charge in [0.1, 0.15) is 0 Å². The summed E-state index contributed by atoms with van der Waals surface area (Å²) in [4.78, 5) is 4.12. The van der Waals surface area contributed by atoms with E-state index >= 15 is 0 Å². The molecule has 23 heavy (non-hydrogen) atoms. The third kappa shape index (κ3) is 10.4. The van der Waals surface area contributed by atoms with Crippen LogP contribution in [0.5, 0.6) is 0 Å². The highest BCUT2D eigenvalue weighted by Gasteiger charge is 2.04. The lowest BCUT2D eigenvalue weighted by Gasteiger charge is -2.13. The molecule has 0 bridgehead atoms. The lowest BCUT2D eigenvalue weighted by molar-refractivity contribution is 0.496. The largest absolute Gasteiger partial charge is 0.331 e. The summed E-state index contributed by atoms with van der Waals surface area (Å²) in [5, 5.41) is 0. The van der Waals surface area contributed by atoms with Crippen molar-refractivity contribution in [3.8, 4) is 0 Å². The average Bonchev–Trinajstić information content (AvgIpc) is 3.09. The van der Waals surface area contributed by atoms with E-state index in [1.807, 2.05) is 24.8 Å². The maximum absolute atomic E-state index is 4.12. The molecular weight excluding hydrogens is 280 g/mol. The Kier molecular flexibility index (Phi) is 12.6. The molecule has 2 heteroatoms. The second-order valence-corrected chi connectivity index (χ2v) is 6.84. The summed E-state index contributed by atoms with van der Waals surface area (Å²) in [5.41, 5.74) is 0. The van der Waals surface area contributed by atoms with Crippen molar-refractivity contribution in [2.45, 2.75) is 103 Å². The van der Waals surface area contributed by atoms with Crippen LogP contribution in [0, 0.1) is 0 Å². The van der Waals surface area contributed by atoms with E-state index in [2.05, 4.69) is 23.1 Å². The van der Waals surface area contributed by atoms with Crippen LogP contribution in [-0.4, -0.2) is 9.55 Å². The number of hydrogen-bond donors (Lipinski definition) is 0. The zero-order valence-corrected chi connectivity index (χ0v) is 15.4. The fourth-order valence-corrected chi connectivity index (χ4v) is 3.23. The summed E-state index contributed by atoms with van der Waals surface area (Å²) in [6.45, 7) is 6.24. The molecule has 0 aliphatic rings. The van der Waals surface area contributed by atoms with E-state index in [1.165, 1.54) is 89.9 Å². The van der Waals surface area contributed by atoms with Crippen molar-refractivity contribution >= 4 is 0 Å². The lowest BCUT2D eigenvalue weighted by atomic mass is 10.0. The van der Waals surface area contributed by atoms with E-state index in [4.69, 9.17) is 0 Å². The van der Waals surface area contributed by atoms with Crippen LogP contribution >= 0.6 is 0 Å². The van der Waals surface area contributed by atoms with Gasteiger partial charge in [0, 0.05) is 12.4 Å². The first-order chi connectivity index (χ1) is 11.4. The fraction of sp³-hybridized carbons (Fsp3) is 0.762. The molecule has 1 rings (SSSR count). The predicted molar refractivity (Wildman–Crippen MR) is 102 cm³/mol. The first-order valence-electron chi connectivity index (χ1n) is 9.98. The summed E-state index contributed by atoms with van der Waals surface area (Å²) in [5.74, 6) is 0. The fourth-order valence-electron chi connectivity index (χ4n) is 3.23. The zero-order valence-electron chi connectivity index (χ0n) is 15.4. The smallest absolute Gasteiger partial charge is 0.0951 e. The molecule has 0 fully saturated rings. The molecule has 1 aromatic heterocycles. The van der Waals surface area contributed by atoms with Crippen LogP contribution in [0.1, 0.15) is 103 Å². The Morgan fingerprint density at radius 3 is 1.83 bits per heavy atom. The summed E-state index contributed by atoms with van der Waals surface area (Å²) < 4.78 is 2.16. The second-order valence-electron chi connectivity index (χ2n) is 6.84. The number of hydrogen-bond acceptors (Lipinski definition) is 1. The van der Waals surface area contributed by atoms with Gasteiger partial charge in [0.05, 0.1) is 12.4 Å². The highest BCUT2D eigenvalue weighted by molar-refractivity contribution is 4.89. The van der Waals surface area contributed by atoms with Crippen LogP contribution in [0.2, 0.25) is 0 Å². The number of allylic oxidation sites excluding steroid dienone is 1. The molecule has 1 aromatic rings. The molecule has 2 nitrogen and oxygen atoms in total. The number of aromatic nitrogens is 2. The van der Waals surface area contributed by atoms with Gasteiger partial charge in [-0.3, -0.25) is 0 Å². The van der Waals surface area contributed by atoms with Gasteiger partial charge < -0.3 is 4.57 Å². The minimum Gasteiger partial charge on any atom is -0.331 e. The first-order valence-corrected chi connectivity index (χ1v) is 9.98. The van der Waals surface area contributed by atoms with Gasteiger partial charge in [0.25, 0.3) is 0 Å². The van der Waals surface area contributed by atoms with E-state index in [0.717, 1.165) is 0 Å². The van der Waals surface area contributed by atoms with E-state index in [1.54, 1.807) is 0 Å². The number of rotatable bonds is 16. The molecule has 0 spiro atoms. The van der Waals surface area contributed by atoms with E-state index in [9.17, 15) is 0 Å². The molecule has 0 aromatic carbocycles.